The monoisotopic (exact) mass is 295 g/mol. The van der Waals surface area contributed by atoms with E-state index in [1.165, 1.54) is 7.11 Å². The van der Waals surface area contributed by atoms with Crippen molar-refractivity contribution < 1.29 is 13.5 Å². The van der Waals surface area contributed by atoms with Crippen LogP contribution in [0.15, 0.2) is 24.3 Å². The summed E-state index contributed by atoms with van der Waals surface area (Å²) in [6, 6.07) is 5.24. The van der Waals surface area contributed by atoms with Crippen LogP contribution in [-0.4, -0.2) is 22.1 Å². The molecule has 0 aliphatic rings. The summed E-state index contributed by atoms with van der Waals surface area (Å²) in [7, 11) is 1.48. The number of nitrogens with one attached hydrogen (secondary N) is 1. The van der Waals surface area contributed by atoms with E-state index in [4.69, 9.17) is 16.3 Å². The van der Waals surface area contributed by atoms with Crippen molar-refractivity contribution in [1.82, 2.24) is 15.0 Å². The zero-order valence-electron chi connectivity index (χ0n) is 10.2. The van der Waals surface area contributed by atoms with E-state index in [9.17, 15) is 8.78 Å². The molecule has 0 saturated heterocycles. The van der Waals surface area contributed by atoms with Gasteiger partial charge in [-0.3, -0.25) is 0 Å². The van der Waals surface area contributed by atoms with Crippen molar-refractivity contribution >= 4 is 22.8 Å². The number of H-pyrrole nitrogens is 1. The number of aromatic amines is 1. The highest BCUT2D eigenvalue weighted by molar-refractivity contribution is 6.30. The largest absolute Gasteiger partial charge is 0.481 e. The minimum absolute atomic E-state index is 0.0103. The molecule has 0 radical (unpaired) electrons. The first-order valence-corrected chi connectivity index (χ1v) is 6.02. The summed E-state index contributed by atoms with van der Waals surface area (Å²) >= 11 is 5.52. The Morgan fingerprint density at radius 1 is 1.15 bits per heavy atom. The normalized spacial score (nSPS) is 11.0. The molecule has 0 amide bonds. The van der Waals surface area contributed by atoms with Crippen molar-refractivity contribution in [2.24, 2.45) is 0 Å². The number of pyridine rings is 1. The first-order chi connectivity index (χ1) is 9.58. The number of hydrogen-bond acceptors (Lipinski definition) is 3. The number of halogens is 3. The fourth-order valence-corrected chi connectivity index (χ4v) is 1.97. The Balaban J connectivity index is 2.17. The smallest absolute Gasteiger partial charge is 0.215 e. The van der Waals surface area contributed by atoms with Gasteiger partial charge in [-0.2, -0.15) is 4.98 Å². The second-order valence-corrected chi connectivity index (χ2v) is 4.46. The molecule has 1 aromatic carbocycles. The summed E-state index contributed by atoms with van der Waals surface area (Å²) in [6.45, 7) is 0. The number of nitrogens with zero attached hydrogens (tertiary/aromatic N) is 2. The van der Waals surface area contributed by atoms with Gasteiger partial charge in [-0.1, -0.05) is 11.6 Å². The lowest BCUT2D eigenvalue weighted by molar-refractivity contribution is 0.399. The predicted molar refractivity (Wildman–Crippen MR) is 70.8 cm³/mol. The molecule has 2 aromatic heterocycles. The van der Waals surface area contributed by atoms with Crippen LogP contribution < -0.4 is 4.74 Å². The highest BCUT2D eigenvalue weighted by atomic mass is 35.5. The molecule has 0 spiro atoms. The first-order valence-electron chi connectivity index (χ1n) is 5.64. The van der Waals surface area contributed by atoms with Crippen molar-refractivity contribution in [3.05, 3.63) is 40.9 Å². The number of hydrogen-bond donors (Lipinski definition) is 1. The summed E-state index contributed by atoms with van der Waals surface area (Å²) in [5.74, 6) is -0.816. The van der Waals surface area contributed by atoms with Crippen molar-refractivity contribution in [1.29, 1.82) is 0 Å². The quantitative estimate of drug-likeness (QED) is 0.735. The lowest BCUT2D eigenvalue weighted by Crippen LogP contribution is -1.90. The van der Waals surface area contributed by atoms with Crippen molar-refractivity contribution in [3.63, 3.8) is 0 Å². The van der Waals surface area contributed by atoms with Crippen LogP contribution in [0, 0.1) is 11.6 Å². The summed E-state index contributed by atoms with van der Waals surface area (Å²) < 4.78 is 32.3. The van der Waals surface area contributed by atoms with E-state index < -0.39 is 11.6 Å². The van der Waals surface area contributed by atoms with Gasteiger partial charge >= 0.3 is 0 Å². The number of ether oxygens (including phenoxy) is 1. The number of rotatable bonds is 2. The third-order valence-electron chi connectivity index (χ3n) is 2.79. The molecule has 1 N–H and O–H groups in total. The Kier molecular flexibility index (Phi) is 3.02. The van der Waals surface area contributed by atoms with Gasteiger partial charge in [0.05, 0.1) is 23.2 Å². The van der Waals surface area contributed by atoms with Crippen LogP contribution in [-0.2, 0) is 0 Å². The maximum absolute atomic E-state index is 13.8. The Morgan fingerprint density at radius 3 is 2.70 bits per heavy atom. The van der Waals surface area contributed by atoms with Crippen LogP contribution in [0.1, 0.15) is 0 Å². The average Bonchev–Trinajstić information content (AvgIpc) is 2.85. The van der Waals surface area contributed by atoms with Crippen molar-refractivity contribution in [3.8, 4) is 17.3 Å². The SMILES string of the molecule is COc1ccc2[nH]c(-c3cc(F)c(Cl)cc3F)nc2n1. The second-order valence-electron chi connectivity index (χ2n) is 4.06. The van der Waals surface area contributed by atoms with Gasteiger partial charge < -0.3 is 9.72 Å². The van der Waals surface area contributed by atoms with Crippen LogP contribution in [0.4, 0.5) is 8.78 Å². The molecule has 4 nitrogen and oxygen atoms in total. The van der Waals surface area contributed by atoms with Crippen molar-refractivity contribution in [2.75, 3.05) is 7.11 Å². The molecule has 3 rings (SSSR count). The second kappa shape index (κ2) is 4.72. The third-order valence-corrected chi connectivity index (χ3v) is 3.08. The number of methoxy groups -OCH3 is 1. The molecule has 0 bridgehead atoms. The molecule has 0 fully saturated rings. The summed E-state index contributed by atoms with van der Waals surface area (Å²) in [5, 5.41) is -0.276. The summed E-state index contributed by atoms with van der Waals surface area (Å²) in [4.78, 5) is 11.1. The lowest BCUT2D eigenvalue weighted by atomic mass is 10.2. The fourth-order valence-electron chi connectivity index (χ4n) is 1.82. The summed E-state index contributed by atoms with van der Waals surface area (Å²) in [6.07, 6.45) is 0. The lowest BCUT2D eigenvalue weighted by Gasteiger charge is -2.01. The molecule has 2 heterocycles. The van der Waals surface area contributed by atoms with Crippen LogP contribution in [0.2, 0.25) is 5.02 Å². The average molecular weight is 296 g/mol. The van der Waals surface area contributed by atoms with Crippen LogP contribution in [0.3, 0.4) is 0 Å². The molecule has 0 saturated carbocycles. The topological polar surface area (TPSA) is 50.8 Å². The zero-order valence-corrected chi connectivity index (χ0v) is 11.0. The van der Waals surface area contributed by atoms with Crippen molar-refractivity contribution in [2.45, 2.75) is 0 Å². The molecular formula is C13H8ClF2N3O. The molecule has 102 valence electrons. The molecule has 20 heavy (non-hydrogen) atoms. The van der Waals surface area contributed by atoms with Gasteiger partial charge in [0.1, 0.15) is 17.5 Å². The Hall–Kier alpha value is -2.21. The first kappa shape index (κ1) is 12.8. The predicted octanol–water partition coefficient (Wildman–Crippen LogP) is 3.57. The van der Waals surface area contributed by atoms with Crippen LogP contribution in [0.25, 0.3) is 22.6 Å². The fraction of sp³-hybridized carbons (Fsp3) is 0.0769. The molecule has 0 aliphatic heterocycles. The van der Waals surface area contributed by atoms with E-state index in [2.05, 4.69) is 15.0 Å². The molecule has 0 aliphatic carbocycles. The van der Waals surface area contributed by atoms with Gasteiger partial charge in [-0.25, -0.2) is 13.8 Å². The minimum Gasteiger partial charge on any atom is -0.481 e. The maximum Gasteiger partial charge on any atom is 0.215 e. The molecule has 0 unspecified atom stereocenters. The summed E-state index contributed by atoms with van der Waals surface area (Å²) in [5.41, 5.74) is 0.938. The number of imidazole rings is 1. The van der Waals surface area contributed by atoms with E-state index in [1.807, 2.05) is 0 Å². The highest BCUT2D eigenvalue weighted by Gasteiger charge is 2.14. The van der Waals surface area contributed by atoms with Gasteiger partial charge in [0, 0.05) is 6.07 Å². The Labute approximate surface area is 117 Å². The van der Waals surface area contributed by atoms with Gasteiger partial charge in [0.15, 0.2) is 5.65 Å². The maximum atomic E-state index is 13.8. The number of aromatic nitrogens is 3. The van der Waals surface area contributed by atoms with Gasteiger partial charge in [0.2, 0.25) is 5.88 Å². The number of fused-ring (bicyclic) bond motifs is 1. The van der Waals surface area contributed by atoms with E-state index in [-0.39, 0.29) is 16.4 Å². The van der Waals surface area contributed by atoms with Gasteiger partial charge in [-0.15, -0.1) is 0 Å². The van der Waals surface area contributed by atoms with Gasteiger partial charge in [-0.05, 0) is 18.2 Å². The standard InChI is InChI=1S/C13H8ClF2N3O/c1-20-11-3-2-10-13(18-11)19-12(17-10)6-4-9(16)7(14)5-8(6)15/h2-5H,1H3,(H,17,18,19). The van der Waals surface area contributed by atoms with E-state index >= 15 is 0 Å². The zero-order chi connectivity index (χ0) is 14.3. The van der Waals surface area contributed by atoms with E-state index in [0.29, 0.717) is 17.0 Å². The van der Waals surface area contributed by atoms with Gasteiger partial charge in [0.25, 0.3) is 0 Å². The highest BCUT2D eigenvalue weighted by Crippen LogP contribution is 2.27. The number of benzene rings is 1. The Morgan fingerprint density at radius 2 is 1.95 bits per heavy atom. The molecule has 3 aromatic rings. The van der Waals surface area contributed by atoms with Crippen LogP contribution >= 0.6 is 11.6 Å². The molecular weight excluding hydrogens is 288 g/mol. The molecule has 0 atom stereocenters. The van der Waals surface area contributed by atoms with E-state index in [1.54, 1.807) is 12.1 Å². The van der Waals surface area contributed by atoms with Crippen LogP contribution in [0.5, 0.6) is 5.88 Å². The Bertz CT molecular complexity index is 804. The minimum atomic E-state index is -0.714. The molecule has 7 heteroatoms. The van der Waals surface area contributed by atoms with E-state index in [0.717, 1.165) is 12.1 Å². The third kappa shape index (κ3) is 2.08.